The molecule has 332 valence electrons. The Morgan fingerprint density at radius 1 is 0.444 bits per heavy atom. The average Bonchev–Trinajstić information content (AvgIpc) is 4.05. The molecule has 1 unspecified atom stereocenters. The molecule has 0 saturated carbocycles. The number of benzene rings is 8. The van der Waals surface area contributed by atoms with Gasteiger partial charge in [0.05, 0.1) is 103 Å². The SMILES string of the molecule is N#Cc1ccc2c(c1)Sc1ccccc1N2c1cccc2c1C1(c3ccc(-n4c5ccccc5c5cc(C#N)ccc54)cc3O2)c2cccnc2-c2ncc(-n3c4ccccc4c4cc(C#N)ccc43)cc21. The van der Waals surface area contributed by atoms with Gasteiger partial charge in [0, 0.05) is 66.0 Å². The number of nitriles is 3. The summed E-state index contributed by atoms with van der Waals surface area (Å²) in [6.07, 6.45) is 3.78. The van der Waals surface area contributed by atoms with Crippen LogP contribution in [0.15, 0.2) is 204 Å². The van der Waals surface area contributed by atoms with Crippen LogP contribution in [0.1, 0.15) is 38.9 Å². The minimum Gasteiger partial charge on any atom is -0.457 e. The highest BCUT2D eigenvalue weighted by Crippen LogP contribution is 2.65. The highest BCUT2D eigenvalue weighted by atomic mass is 32.2. The van der Waals surface area contributed by atoms with E-state index in [0.29, 0.717) is 28.2 Å². The fraction of sp³-hybridized carbons (Fsp3) is 0.0161. The van der Waals surface area contributed by atoms with Crippen molar-refractivity contribution in [3.63, 3.8) is 0 Å². The summed E-state index contributed by atoms with van der Waals surface area (Å²) >= 11 is 1.66. The third-order valence-electron chi connectivity index (χ3n) is 14.7. The number of nitrogens with zero attached hydrogens (tertiary/aromatic N) is 8. The van der Waals surface area contributed by atoms with E-state index >= 15 is 0 Å². The zero-order chi connectivity index (χ0) is 47.8. The van der Waals surface area contributed by atoms with Crippen molar-refractivity contribution in [2.75, 3.05) is 4.90 Å². The number of aromatic nitrogens is 4. The Labute approximate surface area is 415 Å². The number of anilines is 3. The Kier molecular flexibility index (Phi) is 8.22. The fourth-order valence-corrected chi connectivity index (χ4v) is 12.9. The molecule has 10 heteroatoms. The molecule has 0 bridgehead atoms. The highest BCUT2D eigenvalue weighted by molar-refractivity contribution is 7.99. The third-order valence-corrected chi connectivity index (χ3v) is 15.8. The monoisotopic (exact) mass is 936 g/mol. The van der Waals surface area contributed by atoms with Crippen molar-refractivity contribution in [3.05, 3.63) is 233 Å². The van der Waals surface area contributed by atoms with Gasteiger partial charge in [0.15, 0.2) is 0 Å². The minimum absolute atomic E-state index is 0.589. The van der Waals surface area contributed by atoms with Gasteiger partial charge >= 0.3 is 0 Å². The van der Waals surface area contributed by atoms with Gasteiger partial charge in [-0.1, -0.05) is 78.5 Å². The molecule has 72 heavy (non-hydrogen) atoms. The number of fused-ring (bicyclic) bond motifs is 17. The normalized spacial score (nSPS) is 14.7. The Bertz CT molecular complexity index is 4550. The first-order chi connectivity index (χ1) is 35.5. The fourth-order valence-electron chi connectivity index (χ4n) is 11.8. The standard InChI is InChI=1S/C62H32N8OS/c63-32-36-18-23-50-43(27-36)41-9-1-3-12-48(41)68(50)39-21-22-45-56(31-39)71-55-16-7-15-54(70-52-14-5-6-17-57(52)72-58-29-38(34-65)20-25-53(58)70)59(55)62(45)46-11-8-26-66-60(46)61-47(62)30-40(35-67-61)69-49-13-4-2-10-42(49)44-28-37(33-64)19-24-51(44)69/h1-31,35H. The highest BCUT2D eigenvalue weighted by Gasteiger charge is 2.55. The lowest BCUT2D eigenvalue weighted by Crippen LogP contribution is -2.34. The van der Waals surface area contributed by atoms with Crippen LogP contribution in [0.25, 0.3) is 66.4 Å². The van der Waals surface area contributed by atoms with Gasteiger partial charge in [0.1, 0.15) is 11.5 Å². The molecule has 4 aromatic heterocycles. The summed E-state index contributed by atoms with van der Waals surface area (Å²) < 4.78 is 11.9. The van der Waals surface area contributed by atoms with E-state index in [0.717, 1.165) is 115 Å². The first kappa shape index (κ1) is 40.0. The molecule has 0 radical (unpaired) electrons. The summed E-state index contributed by atoms with van der Waals surface area (Å²) in [5.74, 6) is 1.36. The zero-order valence-electron chi connectivity index (χ0n) is 37.9. The van der Waals surface area contributed by atoms with Crippen LogP contribution in [-0.4, -0.2) is 19.1 Å². The van der Waals surface area contributed by atoms with Crippen LogP contribution in [0.2, 0.25) is 0 Å². The van der Waals surface area contributed by atoms with Gasteiger partial charge in [0.2, 0.25) is 0 Å². The van der Waals surface area contributed by atoms with Crippen molar-refractivity contribution in [2.24, 2.45) is 0 Å². The van der Waals surface area contributed by atoms with Crippen molar-refractivity contribution >= 4 is 72.4 Å². The van der Waals surface area contributed by atoms with Gasteiger partial charge in [0.25, 0.3) is 0 Å². The molecular weight excluding hydrogens is 905 g/mol. The van der Waals surface area contributed by atoms with Crippen LogP contribution in [0.4, 0.5) is 17.1 Å². The van der Waals surface area contributed by atoms with E-state index in [1.807, 2.05) is 91.3 Å². The maximum Gasteiger partial charge on any atom is 0.134 e. The lowest BCUT2D eigenvalue weighted by molar-refractivity contribution is 0.436. The molecule has 1 aliphatic carbocycles. The largest absolute Gasteiger partial charge is 0.457 e. The number of hydrogen-bond acceptors (Lipinski definition) is 8. The Hall–Kier alpha value is -9.92. The summed E-state index contributed by atoms with van der Waals surface area (Å²) in [7, 11) is 0. The summed E-state index contributed by atoms with van der Waals surface area (Å²) in [5, 5.41) is 34.1. The van der Waals surface area contributed by atoms with Gasteiger partial charge in [-0.2, -0.15) is 15.8 Å². The lowest BCUT2D eigenvalue weighted by Gasteiger charge is -2.43. The first-order valence-electron chi connectivity index (χ1n) is 23.5. The molecule has 15 rings (SSSR count). The van der Waals surface area contributed by atoms with Crippen LogP contribution in [0, 0.1) is 34.0 Å². The molecule has 8 aromatic carbocycles. The second kappa shape index (κ2) is 14.8. The van der Waals surface area contributed by atoms with Crippen molar-refractivity contribution in [3.8, 4) is 52.5 Å². The van der Waals surface area contributed by atoms with Gasteiger partial charge in [-0.25, -0.2) is 0 Å². The van der Waals surface area contributed by atoms with E-state index < -0.39 is 5.41 Å². The smallest absolute Gasteiger partial charge is 0.134 e. The maximum atomic E-state index is 10.1. The van der Waals surface area contributed by atoms with E-state index in [9.17, 15) is 15.8 Å². The summed E-state index contributed by atoms with van der Waals surface area (Å²) in [6.45, 7) is 0. The quantitative estimate of drug-likeness (QED) is 0.172. The van der Waals surface area contributed by atoms with Crippen molar-refractivity contribution in [1.82, 2.24) is 19.1 Å². The van der Waals surface area contributed by atoms with Crippen LogP contribution < -0.4 is 9.64 Å². The second-order valence-electron chi connectivity index (χ2n) is 18.3. The van der Waals surface area contributed by atoms with Crippen LogP contribution in [-0.2, 0) is 5.41 Å². The van der Waals surface area contributed by atoms with Crippen molar-refractivity contribution in [1.29, 1.82) is 15.8 Å². The Morgan fingerprint density at radius 2 is 1.07 bits per heavy atom. The number of para-hydroxylation sites is 3. The predicted molar refractivity (Wildman–Crippen MR) is 281 cm³/mol. The number of pyridine rings is 2. The van der Waals surface area contributed by atoms with E-state index in [-0.39, 0.29) is 0 Å². The topological polar surface area (TPSA) is 119 Å². The van der Waals surface area contributed by atoms with E-state index in [1.54, 1.807) is 11.8 Å². The molecule has 3 aliphatic rings. The Morgan fingerprint density at radius 3 is 1.82 bits per heavy atom. The van der Waals surface area contributed by atoms with Crippen molar-refractivity contribution in [2.45, 2.75) is 15.2 Å². The van der Waals surface area contributed by atoms with E-state index in [2.05, 4.69) is 135 Å². The van der Waals surface area contributed by atoms with Crippen molar-refractivity contribution < 1.29 is 4.74 Å². The molecule has 0 N–H and O–H groups in total. The molecule has 12 aromatic rings. The molecule has 0 fully saturated rings. The van der Waals surface area contributed by atoms with Crippen LogP contribution in [0.5, 0.6) is 11.5 Å². The summed E-state index contributed by atoms with van der Waals surface area (Å²) in [4.78, 5) is 14.9. The molecule has 6 heterocycles. The molecule has 2 aliphatic heterocycles. The second-order valence-corrected chi connectivity index (χ2v) is 19.3. The Balaban J connectivity index is 1.06. The van der Waals surface area contributed by atoms with Crippen LogP contribution >= 0.6 is 11.8 Å². The summed E-state index contributed by atoms with van der Waals surface area (Å²) in [5.41, 5.74) is 14.6. The van der Waals surface area contributed by atoms with Gasteiger partial charge < -0.3 is 18.8 Å². The number of hydrogen-bond donors (Lipinski definition) is 0. The molecule has 1 atom stereocenters. The maximum absolute atomic E-state index is 10.1. The van der Waals surface area contributed by atoms with Crippen LogP contribution in [0.3, 0.4) is 0 Å². The average molecular weight is 937 g/mol. The van der Waals surface area contributed by atoms with E-state index in [4.69, 9.17) is 14.7 Å². The molecule has 1 spiro atoms. The summed E-state index contributed by atoms with van der Waals surface area (Å²) in [6, 6.07) is 69.1. The molecule has 0 amide bonds. The first-order valence-corrected chi connectivity index (χ1v) is 24.3. The van der Waals surface area contributed by atoms with Gasteiger partial charge in [-0.05, 0) is 115 Å². The third kappa shape index (κ3) is 5.29. The van der Waals surface area contributed by atoms with E-state index in [1.165, 1.54) is 0 Å². The van der Waals surface area contributed by atoms with Gasteiger partial charge in [-0.3, -0.25) is 9.97 Å². The number of rotatable bonds is 3. The number of ether oxygens (including phenoxy) is 1. The zero-order valence-corrected chi connectivity index (χ0v) is 38.7. The lowest BCUT2D eigenvalue weighted by atomic mass is 9.65. The molecule has 9 nitrogen and oxygen atoms in total. The van der Waals surface area contributed by atoms with Gasteiger partial charge in [-0.15, -0.1) is 0 Å². The molecule has 0 saturated heterocycles. The molecular formula is C62H32N8OS. The predicted octanol–water partition coefficient (Wildman–Crippen LogP) is 14.7. The minimum atomic E-state index is -1.05.